The molecule has 0 bridgehead atoms. The van der Waals surface area contributed by atoms with E-state index < -0.39 is 73.0 Å². The molecule has 4 aromatic carbocycles. The van der Waals surface area contributed by atoms with Crippen molar-refractivity contribution in [3.8, 4) is 11.5 Å². The first-order chi connectivity index (χ1) is 31.5. The predicted octanol–water partition coefficient (Wildman–Crippen LogP) is 8.82. The van der Waals surface area contributed by atoms with Crippen LogP contribution in [-0.2, 0) is 67.2 Å². The predicted molar refractivity (Wildman–Crippen MR) is 234 cm³/mol. The van der Waals surface area contributed by atoms with Crippen LogP contribution in [0.5, 0.6) is 11.5 Å². The summed E-state index contributed by atoms with van der Waals surface area (Å²) in [5.41, 5.74) is 3.04. The van der Waals surface area contributed by atoms with Crippen LogP contribution in [0.1, 0.15) is 80.9 Å². The molecule has 64 heavy (non-hydrogen) atoms. The Morgan fingerprint density at radius 3 is 1.38 bits per heavy atom. The fourth-order valence-electron chi connectivity index (χ4n) is 10.2. The highest BCUT2D eigenvalue weighted by Crippen LogP contribution is 2.46. The molecular weight excluding hydrogens is 817 g/mol. The lowest BCUT2D eigenvalue weighted by atomic mass is 9.89. The number of rotatable bonds is 14. The molecule has 4 aromatic rings. The molecule has 2 spiro atoms. The molecular formula is C52H62O12. The van der Waals surface area contributed by atoms with Gasteiger partial charge in [-0.05, 0) is 66.6 Å². The largest absolute Gasteiger partial charge is 0.497 e. The lowest BCUT2D eigenvalue weighted by molar-refractivity contribution is -0.431. The standard InChI is InChI=1S/C52H62O12/c1-53-39-23-25-40(26-24-39)59-49-48(56-33-38-21-11-4-12-22-38)46(44-42(60-49)35-58-52(64-44)29-15-6-16-30-52)62-50-47(55-32-37-19-9-3-10-20-37)45(54-31-36-17-7-2-8-18-36)43-41(61-50)34-57-51(63-43)27-13-5-14-28-51/h2-4,7-12,17-26,41-50H,5-6,13-16,27-35H2,1H3/t41-,42-,43-,44-,45+,46+,47-,48+,49+,50-/m1/s1. The zero-order chi connectivity index (χ0) is 43.2. The van der Waals surface area contributed by atoms with Crippen LogP contribution in [0, 0.1) is 0 Å². The van der Waals surface area contributed by atoms with Crippen LogP contribution in [0.25, 0.3) is 0 Å². The Morgan fingerprint density at radius 2 is 0.891 bits per heavy atom. The fourth-order valence-corrected chi connectivity index (χ4v) is 10.2. The van der Waals surface area contributed by atoms with Gasteiger partial charge in [0.25, 0.3) is 0 Å². The maximum atomic E-state index is 7.49. The molecule has 4 saturated heterocycles. The minimum Gasteiger partial charge on any atom is -0.497 e. The molecule has 12 nitrogen and oxygen atoms in total. The normalized spacial score (nSPS) is 32.0. The van der Waals surface area contributed by atoms with Crippen LogP contribution in [0.2, 0.25) is 0 Å². The second-order valence-corrected chi connectivity index (χ2v) is 18.0. The molecule has 0 unspecified atom stereocenters. The summed E-state index contributed by atoms with van der Waals surface area (Å²) in [5, 5.41) is 0. The first-order valence-corrected chi connectivity index (χ1v) is 23.4. The molecule has 0 aromatic heterocycles. The lowest BCUT2D eigenvalue weighted by Crippen LogP contribution is -2.70. The Morgan fingerprint density at radius 1 is 0.469 bits per heavy atom. The van der Waals surface area contributed by atoms with E-state index >= 15 is 0 Å². The van der Waals surface area contributed by atoms with E-state index in [1.165, 1.54) is 0 Å². The fraction of sp³-hybridized carbons (Fsp3) is 0.538. The molecule has 6 fully saturated rings. The van der Waals surface area contributed by atoms with Crippen LogP contribution in [0.4, 0.5) is 0 Å². The van der Waals surface area contributed by atoms with E-state index in [0.29, 0.717) is 37.9 Å². The van der Waals surface area contributed by atoms with Crippen LogP contribution in [0.3, 0.4) is 0 Å². The highest BCUT2D eigenvalue weighted by molar-refractivity contribution is 5.31. The summed E-state index contributed by atoms with van der Waals surface area (Å²) in [6.07, 6.45) is 2.61. The molecule has 342 valence electrons. The van der Waals surface area contributed by atoms with Gasteiger partial charge in [0.05, 0.1) is 40.1 Å². The van der Waals surface area contributed by atoms with Crippen LogP contribution < -0.4 is 9.47 Å². The third kappa shape index (κ3) is 10.1. The molecule has 0 radical (unpaired) electrons. The van der Waals surface area contributed by atoms with Gasteiger partial charge < -0.3 is 56.8 Å². The quantitative estimate of drug-likeness (QED) is 0.121. The van der Waals surface area contributed by atoms with Crippen molar-refractivity contribution < 1.29 is 56.8 Å². The smallest absolute Gasteiger partial charge is 0.229 e. The molecule has 0 N–H and O–H groups in total. The third-order valence-electron chi connectivity index (χ3n) is 13.6. The molecule has 10 rings (SSSR count). The zero-order valence-electron chi connectivity index (χ0n) is 36.7. The van der Waals surface area contributed by atoms with Gasteiger partial charge in [-0.2, -0.15) is 0 Å². The molecule has 4 aliphatic heterocycles. The highest BCUT2D eigenvalue weighted by atomic mass is 16.8. The number of benzene rings is 4. The summed E-state index contributed by atoms with van der Waals surface area (Å²) in [6.45, 7) is 1.53. The van der Waals surface area contributed by atoms with Gasteiger partial charge in [-0.15, -0.1) is 0 Å². The molecule has 10 atom stereocenters. The van der Waals surface area contributed by atoms with Crippen molar-refractivity contribution in [2.75, 3.05) is 20.3 Å². The average molecular weight is 879 g/mol. The number of ether oxygens (including phenoxy) is 12. The summed E-state index contributed by atoms with van der Waals surface area (Å²) >= 11 is 0. The van der Waals surface area contributed by atoms with Gasteiger partial charge >= 0.3 is 0 Å². The molecule has 12 heteroatoms. The van der Waals surface area contributed by atoms with Crippen molar-refractivity contribution in [2.24, 2.45) is 0 Å². The molecule has 0 amide bonds. The highest BCUT2D eigenvalue weighted by Gasteiger charge is 2.60. The van der Waals surface area contributed by atoms with E-state index in [1.807, 2.05) is 91.0 Å². The van der Waals surface area contributed by atoms with Crippen molar-refractivity contribution in [2.45, 2.75) is 157 Å². The number of hydrogen-bond donors (Lipinski definition) is 0. The second kappa shape index (κ2) is 20.3. The summed E-state index contributed by atoms with van der Waals surface area (Å²) in [6, 6.07) is 37.9. The van der Waals surface area contributed by atoms with Gasteiger partial charge in [-0.1, -0.05) is 104 Å². The van der Waals surface area contributed by atoms with Gasteiger partial charge in [0.1, 0.15) is 60.3 Å². The average Bonchev–Trinajstić information content (AvgIpc) is 3.34. The van der Waals surface area contributed by atoms with Crippen LogP contribution in [-0.4, -0.2) is 93.3 Å². The Balaban J connectivity index is 1.03. The van der Waals surface area contributed by atoms with Crippen LogP contribution >= 0.6 is 0 Å². The minimum absolute atomic E-state index is 0.271. The first-order valence-electron chi connectivity index (χ1n) is 23.4. The molecule has 6 aliphatic rings. The van der Waals surface area contributed by atoms with Gasteiger partial charge in [-0.3, -0.25) is 0 Å². The van der Waals surface area contributed by atoms with Crippen molar-refractivity contribution in [3.63, 3.8) is 0 Å². The van der Waals surface area contributed by atoms with E-state index in [-0.39, 0.29) is 6.61 Å². The topological polar surface area (TPSA) is 111 Å². The summed E-state index contributed by atoms with van der Waals surface area (Å²) in [5.74, 6) is -0.165. The van der Waals surface area contributed by atoms with Crippen molar-refractivity contribution in [1.82, 2.24) is 0 Å². The third-order valence-corrected chi connectivity index (χ3v) is 13.6. The summed E-state index contributed by atoms with van der Waals surface area (Å²) in [4.78, 5) is 0. The van der Waals surface area contributed by atoms with Crippen molar-refractivity contribution >= 4 is 0 Å². The Hall–Kier alpha value is -3.92. The summed E-state index contributed by atoms with van der Waals surface area (Å²) in [7, 11) is 1.64. The maximum absolute atomic E-state index is 7.49. The van der Waals surface area contributed by atoms with Gasteiger partial charge in [-0.25, -0.2) is 0 Å². The first kappa shape index (κ1) is 43.9. The van der Waals surface area contributed by atoms with Gasteiger partial charge in [0.15, 0.2) is 17.9 Å². The van der Waals surface area contributed by atoms with E-state index in [9.17, 15) is 0 Å². The lowest BCUT2D eigenvalue weighted by Gasteiger charge is -2.56. The Kier molecular flexibility index (Phi) is 13.9. The van der Waals surface area contributed by atoms with E-state index in [4.69, 9.17) is 56.8 Å². The number of fused-ring (bicyclic) bond motifs is 2. The number of methoxy groups -OCH3 is 1. The van der Waals surface area contributed by atoms with Crippen molar-refractivity contribution in [1.29, 1.82) is 0 Å². The van der Waals surface area contributed by atoms with E-state index in [2.05, 4.69) is 24.3 Å². The number of hydrogen-bond acceptors (Lipinski definition) is 12. The molecule has 4 heterocycles. The monoisotopic (exact) mass is 878 g/mol. The second-order valence-electron chi connectivity index (χ2n) is 18.0. The SMILES string of the molecule is COc1ccc(O[C@H]2O[C@@H]3COC4(CCCCC4)O[C@H]3[C@H](O[C@H]3O[C@@H]4COC5(CCCCC5)O[C@H]4[C@H](OCc4ccccc4)[C@H]3OCc3ccccc3)[C@@H]2OCc2ccccc2)cc1. The zero-order valence-corrected chi connectivity index (χ0v) is 36.7. The Bertz CT molecular complexity index is 2030. The van der Waals surface area contributed by atoms with Crippen molar-refractivity contribution in [3.05, 3.63) is 132 Å². The van der Waals surface area contributed by atoms with E-state index in [0.717, 1.165) is 80.9 Å². The summed E-state index contributed by atoms with van der Waals surface area (Å²) < 4.78 is 82.1. The molecule has 2 saturated carbocycles. The maximum Gasteiger partial charge on any atom is 0.229 e. The molecule has 2 aliphatic carbocycles. The van der Waals surface area contributed by atoms with Crippen LogP contribution in [0.15, 0.2) is 115 Å². The van der Waals surface area contributed by atoms with E-state index in [1.54, 1.807) is 7.11 Å². The van der Waals surface area contributed by atoms with Gasteiger partial charge in [0, 0.05) is 25.7 Å². The van der Waals surface area contributed by atoms with Gasteiger partial charge in [0.2, 0.25) is 6.29 Å². The minimum atomic E-state index is -0.972. The Labute approximate surface area is 376 Å².